The van der Waals surface area contributed by atoms with Crippen LogP contribution in [0, 0.1) is 5.82 Å². The van der Waals surface area contributed by atoms with Gasteiger partial charge in [0.1, 0.15) is 28.7 Å². The normalized spacial score (nSPS) is 16.1. The first-order valence-electron chi connectivity index (χ1n) is 13.2. The van der Waals surface area contributed by atoms with Gasteiger partial charge in [0, 0.05) is 38.7 Å². The molecule has 2 aliphatic rings. The number of pyridine rings is 1. The predicted octanol–water partition coefficient (Wildman–Crippen LogP) is 5.09. The Kier molecular flexibility index (Phi) is 9.47. The first kappa shape index (κ1) is 28.7. The number of carbonyl (C=O) groups is 1. The Hall–Kier alpha value is -4.27. The van der Waals surface area contributed by atoms with Gasteiger partial charge in [-0.3, -0.25) is 9.80 Å². The minimum atomic E-state index is -0.482. The Morgan fingerprint density at radius 2 is 1.62 bits per heavy atom. The van der Waals surface area contributed by atoms with E-state index in [0.717, 1.165) is 60.7 Å². The first-order chi connectivity index (χ1) is 19.4. The maximum atomic E-state index is 13.6. The Balaban J connectivity index is 0.00000118. The molecule has 1 spiro atoms. The van der Waals surface area contributed by atoms with E-state index in [1.807, 2.05) is 44.2 Å². The van der Waals surface area contributed by atoms with E-state index in [1.165, 1.54) is 12.1 Å². The molecular formula is C30H32FN3O6. The number of likely N-dealkylation sites (tertiary alicyclic amines) is 1. The highest BCUT2D eigenvalue weighted by molar-refractivity contribution is 5.89. The van der Waals surface area contributed by atoms with Crippen LogP contribution >= 0.6 is 0 Å². The molecule has 0 atom stereocenters. The fraction of sp³-hybridized carbons (Fsp3) is 0.367. The molecule has 5 rings (SSSR count). The molecule has 0 saturated carbocycles. The van der Waals surface area contributed by atoms with Gasteiger partial charge in [-0.25, -0.2) is 14.2 Å². The molecule has 0 aliphatic carbocycles. The third-order valence-electron chi connectivity index (χ3n) is 6.93. The van der Waals surface area contributed by atoms with Gasteiger partial charge in [-0.15, -0.1) is 0 Å². The molecule has 40 heavy (non-hydrogen) atoms. The Morgan fingerprint density at radius 1 is 1.00 bits per heavy atom. The summed E-state index contributed by atoms with van der Waals surface area (Å²) in [4.78, 5) is 37.1. The summed E-state index contributed by atoms with van der Waals surface area (Å²) >= 11 is 0. The molecule has 3 aromatic rings. The molecule has 0 unspecified atom stereocenters. The molecule has 1 aromatic heterocycles. The summed E-state index contributed by atoms with van der Waals surface area (Å²) in [5.41, 5.74) is 2.27. The van der Waals surface area contributed by atoms with E-state index in [-0.39, 0.29) is 18.1 Å². The van der Waals surface area contributed by atoms with E-state index < -0.39 is 5.60 Å². The van der Waals surface area contributed by atoms with Gasteiger partial charge in [0.2, 0.25) is 0 Å². The number of amides is 1. The molecule has 2 aromatic carbocycles. The number of hydrogen-bond donors (Lipinski definition) is 0. The summed E-state index contributed by atoms with van der Waals surface area (Å²) in [5.74, 6) is 1.79. The second-order valence-corrected chi connectivity index (χ2v) is 9.52. The van der Waals surface area contributed by atoms with Gasteiger partial charge < -0.3 is 14.2 Å². The van der Waals surface area contributed by atoms with E-state index in [9.17, 15) is 9.18 Å². The van der Waals surface area contributed by atoms with Gasteiger partial charge in [0.05, 0.1) is 25.3 Å². The highest BCUT2D eigenvalue weighted by Crippen LogP contribution is 2.41. The summed E-state index contributed by atoms with van der Waals surface area (Å²) < 4.78 is 31.5. The lowest BCUT2D eigenvalue weighted by Gasteiger charge is -2.37. The van der Waals surface area contributed by atoms with E-state index in [2.05, 4.69) is 9.88 Å². The van der Waals surface area contributed by atoms with Crippen LogP contribution in [0.15, 0.2) is 60.8 Å². The molecule has 0 radical (unpaired) electrons. The molecule has 2 aliphatic heterocycles. The van der Waals surface area contributed by atoms with Crippen molar-refractivity contribution in [3.63, 3.8) is 0 Å². The first-order valence-corrected chi connectivity index (χ1v) is 13.2. The molecule has 0 bridgehead atoms. The Bertz CT molecular complexity index is 1290. The van der Waals surface area contributed by atoms with Crippen molar-refractivity contribution in [2.24, 2.45) is 0 Å². The van der Waals surface area contributed by atoms with Crippen LogP contribution in [0.3, 0.4) is 0 Å². The highest BCUT2D eigenvalue weighted by Gasteiger charge is 2.47. The molecule has 10 heteroatoms. The lowest BCUT2D eigenvalue weighted by molar-refractivity contribution is -0.191. The van der Waals surface area contributed by atoms with Crippen molar-refractivity contribution >= 4 is 18.1 Å². The highest BCUT2D eigenvalue weighted by atomic mass is 19.1. The van der Waals surface area contributed by atoms with Crippen LogP contribution in [0.1, 0.15) is 32.3 Å². The minimum absolute atomic E-state index is 0.250. The monoisotopic (exact) mass is 549 g/mol. The molecule has 210 valence electrons. The van der Waals surface area contributed by atoms with E-state index in [1.54, 1.807) is 23.2 Å². The molecule has 3 heterocycles. The summed E-state index contributed by atoms with van der Waals surface area (Å²) in [6.07, 6.45) is 3.12. The molecule has 2 saturated heterocycles. The van der Waals surface area contributed by atoms with Crippen molar-refractivity contribution in [1.82, 2.24) is 9.88 Å². The number of ether oxygens (including phenoxy) is 3. The van der Waals surface area contributed by atoms with E-state index in [0.29, 0.717) is 25.6 Å². The molecule has 1 amide bonds. The summed E-state index contributed by atoms with van der Waals surface area (Å²) in [5, 5.41) is 0. The van der Waals surface area contributed by atoms with Crippen molar-refractivity contribution in [1.29, 1.82) is 0 Å². The van der Waals surface area contributed by atoms with Crippen LogP contribution in [0.2, 0.25) is 0 Å². The predicted molar refractivity (Wildman–Crippen MR) is 144 cm³/mol. The summed E-state index contributed by atoms with van der Waals surface area (Å²) in [7, 11) is 0. The van der Waals surface area contributed by atoms with E-state index in [4.69, 9.17) is 23.8 Å². The van der Waals surface area contributed by atoms with Crippen molar-refractivity contribution in [2.45, 2.75) is 38.8 Å². The molecule has 2 fully saturated rings. The number of piperidine rings is 1. The lowest BCUT2D eigenvalue weighted by Crippen LogP contribution is -2.46. The van der Waals surface area contributed by atoms with Crippen molar-refractivity contribution in [3.05, 3.63) is 72.2 Å². The van der Waals surface area contributed by atoms with Crippen LogP contribution in [-0.4, -0.2) is 60.6 Å². The maximum absolute atomic E-state index is 13.6. The van der Waals surface area contributed by atoms with E-state index >= 15 is 0 Å². The fourth-order valence-corrected chi connectivity index (χ4v) is 5.13. The van der Waals surface area contributed by atoms with Crippen LogP contribution in [-0.2, 0) is 20.9 Å². The van der Waals surface area contributed by atoms with Gasteiger partial charge in [0.25, 0.3) is 0 Å². The SMILES string of the molecule is CCOc1cc(CN2CCC3(CC2)CN(c2ccccn2)C(=O)O3)cc(OCC)c1-c1ccc(F)cc1.O=C=O. The molecular weight excluding hydrogens is 517 g/mol. The standard InChI is InChI=1S/C29H32FN3O4.CO2/c1-3-35-24-17-21(18-25(36-4-2)27(24)22-8-10-23(30)11-9-22)19-32-15-12-29(13-16-32)20-33(28(34)37-29)26-7-5-6-14-31-26;2-1-3/h5-11,14,17-18H,3-4,12-13,15-16,19-20H2,1-2H3;. The number of halogens is 1. The number of rotatable bonds is 8. The zero-order valence-corrected chi connectivity index (χ0v) is 22.6. The zero-order valence-electron chi connectivity index (χ0n) is 22.6. The lowest BCUT2D eigenvalue weighted by atomic mass is 9.91. The second-order valence-electron chi connectivity index (χ2n) is 9.52. The van der Waals surface area contributed by atoms with Crippen LogP contribution in [0.4, 0.5) is 15.0 Å². The molecule has 0 N–H and O–H groups in total. The Morgan fingerprint density at radius 3 is 2.17 bits per heavy atom. The van der Waals surface area contributed by atoms with Gasteiger partial charge in [-0.2, -0.15) is 9.59 Å². The topological polar surface area (TPSA) is 98.3 Å². The number of aromatic nitrogens is 1. The zero-order chi connectivity index (χ0) is 28.5. The van der Waals surface area contributed by atoms with Crippen molar-refractivity contribution < 1.29 is 33.0 Å². The van der Waals surface area contributed by atoms with Crippen LogP contribution < -0.4 is 14.4 Å². The number of nitrogens with zero attached hydrogens (tertiary/aromatic N) is 3. The van der Waals surface area contributed by atoms with Gasteiger partial charge in [0.15, 0.2) is 0 Å². The summed E-state index contributed by atoms with van der Waals surface area (Å²) in [6, 6.07) is 16.0. The van der Waals surface area contributed by atoms with Gasteiger partial charge in [-0.1, -0.05) is 18.2 Å². The largest absolute Gasteiger partial charge is 0.493 e. The maximum Gasteiger partial charge on any atom is 0.416 e. The second kappa shape index (κ2) is 13.2. The number of carbonyl (C=O) groups excluding carboxylic acids is 3. The minimum Gasteiger partial charge on any atom is -0.493 e. The fourth-order valence-electron chi connectivity index (χ4n) is 5.13. The number of anilines is 1. The molecule has 9 nitrogen and oxygen atoms in total. The quantitative estimate of drug-likeness (QED) is 0.383. The number of benzene rings is 2. The van der Waals surface area contributed by atoms with Crippen LogP contribution in [0.5, 0.6) is 11.5 Å². The smallest absolute Gasteiger partial charge is 0.416 e. The van der Waals surface area contributed by atoms with Crippen molar-refractivity contribution in [2.75, 3.05) is 37.7 Å². The average molecular weight is 550 g/mol. The van der Waals surface area contributed by atoms with Gasteiger partial charge >= 0.3 is 12.2 Å². The Labute approximate surface area is 232 Å². The number of hydrogen-bond acceptors (Lipinski definition) is 8. The van der Waals surface area contributed by atoms with Crippen molar-refractivity contribution in [3.8, 4) is 22.6 Å². The third-order valence-corrected chi connectivity index (χ3v) is 6.93. The van der Waals surface area contributed by atoms with Crippen LogP contribution in [0.25, 0.3) is 11.1 Å². The summed E-state index contributed by atoms with van der Waals surface area (Å²) in [6.45, 7) is 7.75. The third kappa shape index (κ3) is 6.65. The van der Waals surface area contributed by atoms with Gasteiger partial charge in [-0.05, 0) is 61.4 Å². The average Bonchev–Trinajstić information content (AvgIpc) is 3.27.